The average molecular weight is 313 g/mol. The summed E-state index contributed by atoms with van der Waals surface area (Å²) < 4.78 is 16.2. The van der Waals surface area contributed by atoms with E-state index in [4.69, 9.17) is 0 Å². The van der Waals surface area contributed by atoms with Crippen LogP contribution in [0.25, 0.3) is 0 Å². The fourth-order valence-corrected chi connectivity index (χ4v) is 2.26. The van der Waals surface area contributed by atoms with Gasteiger partial charge in [-0.2, -0.15) is 10.2 Å². The lowest BCUT2D eigenvalue weighted by Crippen LogP contribution is -2.17. The quantitative estimate of drug-likeness (QED) is 0.787. The summed E-state index contributed by atoms with van der Waals surface area (Å²) in [5.74, 6) is -0.500. The SMILES string of the molecule is CCn1nccc1C(=O)Nc1cnn(Cc2ccc(F)cc2)c1. The Kier molecular flexibility index (Phi) is 4.18. The minimum absolute atomic E-state index is 0.231. The van der Waals surface area contributed by atoms with Crippen LogP contribution in [0.15, 0.2) is 48.9 Å². The van der Waals surface area contributed by atoms with E-state index in [1.54, 1.807) is 46.2 Å². The molecule has 1 N–H and O–H groups in total. The molecule has 0 bridgehead atoms. The maximum Gasteiger partial charge on any atom is 0.274 e. The molecule has 7 heteroatoms. The third-order valence-electron chi connectivity index (χ3n) is 3.40. The Labute approximate surface area is 132 Å². The predicted molar refractivity (Wildman–Crippen MR) is 83.6 cm³/mol. The lowest BCUT2D eigenvalue weighted by atomic mass is 10.2. The van der Waals surface area contributed by atoms with Crippen LogP contribution in [0.4, 0.5) is 10.1 Å². The molecule has 0 saturated heterocycles. The van der Waals surface area contributed by atoms with E-state index in [1.165, 1.54) is 12.1 Å². The molecule has 0 atom stereocenters. The van der Waals surface area contributed by atoms with Gasteiger partial charge in [0.2, 0.25) is 0 Å². The molecule has 0 fully saturated rings. The number of nitrogens with one attached hydrogen (secondary N) is 1. The van der Waals surface area contributed by atoms with Gasteiger partial charge in [-0.05, 0) is 30.7 Å². The number of benzene rings is 1. The minimum atomic E-state index is -0.269. The van der Waals surface area contributed by atoms with Gasteiger partial charge in [0.25, 0.3) is 5.91 Å². The number of amides is 1. The number of carbonyl (C=O) groups excluding carboxylic acids is 1. The summed E-state index contributed by atoms with van der Waals surface area (Å²) in [6.45, 7) is 3.05. The second-order valence-corrected chi connectivity index (χ2v) is 5.04. The highest BCUT2D eigenvalue weighted by Gasteiger charge is 2.12. The van der Waals surface area contributed by atoms with Crippen molar-refractivity contribution in [2.45, 2.75) is 20.0 Å². The van der Waals surface area contributed by atoms with Gasteiger partial charge in [0.15, 0.2) is 0 Å². The van der Waals surface area contributed by atoms with Gasteiger partial charge >= 0.3 is 0 Å². The van der Waals surface area contributed by atoms with Crippen molar-refractivity contribution in [1.29, 1.82) is 0 Å². The van der Waals surface area contributed by atoms with Crippen LogP contribution in [-0.2, 0) is 13.1 Å². The van der Waals surface area contributed by atoms with Gasteiger partial charge < -0.3 is 5.32 Å². The number of rotatable bonds is 5. The molecular formula is C16H16FN5O. The molecule has 23 heavy (non-hydrogen) atoms. The molecule has 2 aromatic heterocycles. The summed E-state index contributed by atoms with van der Waals surface area (Å²) in [4.78, 5) is 12.2. The van der Waals surface area contributed by atoms with E-state index in [2.05, 4.69) is 15.5 Å². The van der Waals surface area contributed by atoms with Gasteiger partial charge in [-0.1, -0.05) is 12.1 Å². The van der Waals surface area contributed by atoms with Crippen molar-refractivity contribution in [2.75, 3.05) is 5.32 Å². The van der Waals surface area contributed by atoms with E-state index in [0.717, 1.165) is 5.56 Å². The van der Waals surface area contributed by atoms with Crippen LogP contribution >= 0.6 is 0 Å². The second kappa shape index (κ2) is 6.43. The molecule has 3 rings (SSSR count). The monoisotopic (exact) mass is 313 g/mol. The number of aryl methyl sites for hydroxylation is 1. The van der Waals surface area contributed by atoms with Crippen LogP contribution < -0.4 is 5.32 Å². The molecule has 0 aliphatic carbocycles. The zero-order valence-corrected chi connectivity index (χ0v) is 12.6. The highest BCUT2D eigenvalue weighted by molar-refractivity contribution is 6.02. The van der Waals surface area contributed by atoms with Gasteiger partial charge in [0, 0.05) is 18.9 Å². The molecule has 1 amide bonds. The fraction of sp³-hybridized carbons (Fsp3) is 0.188. The molecule has 6 nitrogen and oxygen atoms in total. The van der Waals surface area contributed by atoms with Gasteiger partial charge in [0.1, 0.15) is 11.5 Å². The van der Waals surface area contributed by atoms with Crippen molar-refractivity contribution in [2.24, 2.45) is 0 Å². The van der Waals surface area contributed by atoms with Crippen molar-refractivity contribution >= 4 is 11.6 Å². The van der Waals surface area contributed by atoms with Gasteiger partial charge in [-0.25, -0.2) is 4.39 Å². The summed E-state index contributed by atoms with van der Waals surface area (Å²) in [7, 11) is 0. The van der Waals surface area contributed by atoms with Crippen LogP contribution in [0.3, 0.4) is 0 Å². The maximum atomic E-state index is 12.9. The number of halogens is 1. The summed E-state index contributed by atoms with van der Waals surface area (Å²) >= 11 is 0. The van der Waals surface area contributed by atoms with Crippen molar-refractivity contribution in [3.8, 4) is 0 Å². The molecule has 118 valence electrons. The van der Waals surface area contributed by atoms with E-state index >= 15 is 0 Å². The molecule has 0 aliphatic heterocycles. The number of aromatic nitrogens is 4. The first-order valence-electron chi connectivity index (χ1n) is 7.26. The number of hydrogen-bond acceptors (Lipinski definition) is 3. The molecule has 2 heterocycles. The van der Waals surface area contributed by atoms with Crippen LogP contribution in [-0.4, -0.2) is 25.5 Å². The first-order valence-corrected chi connectivity index (χ1v) is 7.26. The van der Waals surface area contributed by atoms with Crippen LogP contribution in [0.1, 0.15) is 23.0 Å². The summed E-state index contributed by atoms with van der Waals surface area (Å²) in [5.41, 5.74) is 2.02. The summed E-state index contributed by atoms with van der Waals surface area (Å²) in [5, 5.41) is 11.1. The van der Waals surface area contributed by atoms with E-state index in [9.17, 15) is 9.18 Å². The van der Waals surface area contributed by atoms with Gasteiger partial charge in [-0.15, -0.1) is 0 Å². The molecule has 0 radical (unpaired) electrons. The normalized spacial score (nSPS) is 10.7. The Bertz CT molecular complexity index is 806. The Morgan fingerprint density at radius 2 is 2.00 bits per heavy atom. The van der Waals surface area contributed by atoms with Gasteiger partial charge in [-0.3, -0.25) is 14.2 Å². The van der Waals surface area contributed by atoms with Crippen LogP contribution in [0.2, 0.25) is 0 Å². The molecule has 1 aromatic carbocycles. The second-order valence-electron chi connectivity index (χ2n) is 5.04. The van der Waals surface area contributed by atoms with E-state index in [1.807, 2.05) is 6.92 Å². The van der Waals surface area contributed by atoms with Crippen molar-refractivity contribution < 1.29 is 9.18 Å². The maximum absolute atomic E-state index is 12.9. The van der Waals surface area contributed by atoms with Crippen molar-refractivity contribution in [1.82, 2.24) is 19.6 Å². The Hall–Kier alpha value is -2.96. The van der Waals surface area contributed by atoms with Crippen molar-refractivity contribution in [3.05, 3.63) is 66.0 Å². The number of anilines is 1. The largest absolute Gasteiger partial charge is 0.318 e. The van der Waals surface area contributed by atoms with Crippen LogP contribution in [0, 0.1) is 5.82 Å². The van der Waals surface area contributed by atoms with Gasteiger partial charge in [0.05, 0.1) is 18.4 Å². The third-order valence-corrected chi connectivity index (χ3v) is 3.40. The standard InChI is InChI=1S/C16H16FN5O/c1-2-22-15(7-8-18-22)16(23)20-14-9-19-21(11-14)10-12-3-5-13(17)6-4-12/h3-9,11H,2,10H2,1H3,(H,20,23). The molecule has 0 spiro atoms. The zero-order valence-electron chi connectivity index (χ0n) is 12.6. The molecule has 0 aliphatic rings. The zero-order chi connectivity index (χ0) is 16.2. The number of carbonyl (C=O) groups is 1. The minimum Gasteiger partial charge on any atom is -0.318 e. The highest BCUT2D eigenvalue weighted by atomic mass is 19.1. The predicted octanol–water partition coefficient (Wildman–Crippen LogP) is 2.54. The molecular weight excluding hydrogens is 297 g/mol. The lowest BCUT2D eigenvalue weighted by Gasteiger charge is -2.04. The van der Waals surface area contributed by atoms with E-state index in [-0.39, 0.29) is 11.7 Å². The Morgan fingerprint density at radius 1 is 1.22 bits per heavy atom. The third kappa shape index (κ3) is 3.45. The fourth-order valence-electron chi connectivity index (χ4n) is 2.26. The van der Waals surface area contributed by atoms with E-state index in [0.29, 0.717) is 24.5 Å². The molecule has 0 saturated carbocycles. The number of hydrogen-bond donors (Lipinski definition) is 1. The van der Waals surface area contributed by atoms with Crippen LogP contribution in [0.5, 0.6) is 0 Å². The van der Waals surface area contributed by atoms with E-state index < -0.39 is 0 Å². The smallest absolute Gasteiger partial charge is 0.274 e. The first-order chi connectivity index (χ1) is 11.2. The average Bonchev–Trinajstić information content (AvgIpc) is 3.18. The number of nitrogens with zero attached hydrogens (tertiary/aromatic N) is 4. The highest BCUT2D eigenvalue weighted by Crippen LogP contribution is 2.11. The Balaban J connectivity index is 1.67. The lowest BCUT2D eigenvalue weighted by molar-refractivity contribution is 0.101. The topological polar surface area (TPSA) is 64.7 Å². The first kappa shape index (κ1) is 15.0. The van der Waals surface area contributed by atoms with Crippen molar-refractivity contribution in [3.63, 3.8) is 0 Å². The summed E-state index contributed by atoms with van der Waals surface area (Å²) in [6, 6.07) is 7.90. The summed E-state index contributed by atoms with van der Waals surface area (Å²) in [6.07, 6.45) is 4.90. The molecule has 0 unspecified atom stereocenters. The molecule has 3 aromatic rings. The Morgan fingerprint density at radius 3 is 2.74 bits per heavy atom.